The van der Waals surface area contributed by atoms with Crippen LogP contribution in [0.15, 0.2) is 0 Å². The number of rotatable bonds is 6. The van der Waals surface area contributed by atoms with Crippen molar-refractivity contribution < 1.29 is 9.90 Å². The second-order valence-electron chi connectivity index (χ2n) is 6.90. The molecule has 1 aliphatic rings. The van der Waals surface area contributed by atoms with Crippen molar-refractivity contribution in [3.05, 3.63) is 5.82 Å². The monoisotopic (exact) mass is 280 g/mol. The fraction of sp³-hybridized carbons (Fsp3) is 0.857. The quantitative estimate of drug-likeness (QED) is 0.866. The lowest BCUT2D eigenvalue weighted by atomic mass is 10.0. The van der Waals surface area contributed by atoms with E-state index in [0.717, 1.165) is 18.7 Å². The number of hydrogen-bond donors (Lipinski definition) is 1. The highest BCUT2D eigenvalue weighted by molar-refractivity contribution is 5.67. The van der Waals surface area contributed by atoms with Crippen LogP contribution in [0, 0.1) is 10.8 Å². The van der Waals surface area contributed by atoms with Crippen LogP contribution >= 0.6 is 0 Å². The Labute approximate surface area is 119 Å². The zero-order chi connectivity index (χ0) is 15.1. The van der Waals surface area contributed by atoms with Crippen molar-refractivity contribution in [1.29, 1.82) is 0 Å². The molecule has 1 aromatic heterocycles. The van der Waals surface area contributed by atoms with Crippen LogP contribution in [0.1, 0.15) is 71.7 Å². The Bertz CT molecular complexity index is 493. The molecule has 0 aromatic carbocycles. The molecule has 1 unspecified atom stereocenters. The minimum absolute atomic E-state index is 0.0689. The summed E-state index contributed by atoms with van der Waals surface area (Å²) in [5, 5.41) is 21.1. The lowest BCUT2D eigenvalue weighted by Crippen LogP contribution is -2.18. The molecule has 1 N–H and O–H groups in total. The molecule has 6 nitrogen and oxygen atoms in total. The zero-order valence-electron chi connectivity index (χ0n) is 12.9. The largest absolute Gasteiger partial charge is 0.481 e. The summed E-state index contributed by atoms with van der Waals surface area (Å²) in [6.07, 6.45) is 1.76. The van der Waals surface area contributed by atoms with E-state index in [0.29, 0.717) is 0 Å². The lowest BCUT2D eigenvalue weighted by Gasteiger charge is -2.16. The van der Waals surface area contributed by atoms with E-state index in [1.807, 2.05) is 6.92 Å². The summed E-state index contributed by atoms with van der Waals surface area (Å²) in [4.78, 5) is 11.0. The van der Waals surface area contributed by atoms with Crippen molar-refractivity contribution in [3.63, 3.8) is 0 Å². The second-order valence-corrected chi connectivity index (χ2v) is 6.90. The average Bonchev–Trinajstić information content (AvgIpc) is 2.68. The molecule has 2 rings (SSSR count). The van der Waals surface area contributed by atoms with Gasteiger partial charge in [-0.1, -0.05) is 41.0 Å². The second kappa shape index (κ2) is 4.82. The van der Waals surface area contributed by atoms with E-state index < -0.39 is 5.97 Å². The predicted octanol–water partition coefficient (Wildman–Crippen LogP) is 2.64. The Morgan fingerprint density at radius 2 is 1.95 bits per heavy atom. The summed E-state index contributed by atoms with van der Waals surface area (Å²) in [5.74, 6) is 0.303. The van der Waals surface area contributed by atoms with Gasteiger partial charge in [0.05, 0.1) is 12.5 Å². The van der Waals surface area contributed by atoms with Gasteiger partial charge in [-0.3, -0.25) is 4.79 Å². The normalized spacial score (nSPS) is 21.6. The highest BCUT2D eigenvalue weighted by Gasteiger charge is 2.67. The number of hydrogen-bond acceptors (Lipinski definition) is 4. The maximum atomic E-state index is 11.0. The molecule has 6 heteroatoms. The minimum atomic E-state index is -0.806. The number of carboxylic acid groups (broad SMARTS) is 1. The summed E-state index contributed by atoms with van der Waals surface area (Å²) < 4.78 is 1.75. The molecule has 1 fully saturated rings. The molecule has 1 aromatic rings. The lowest BCUT2D eigenvalue weighted by molar-refractivity contribution is -0.138. The van der Waals surface area contributed by atoms with Gasteiger partial charge >= 0.3 is 5.97 Å². The Balaban J connectivity index is 2.30. The van der Waals surface area contributed by atoms with Gasteiger partial charge in [0.2, 0.25) is 0 Å². The number of nitrogens with zero attached hydrogens (tertiary/aromatic N) is 4. The molecule has 1 atom stereocenters. The maximum Gasteiger partial charge on any atom is 0.305 e. The number of aliphatic carboxylic acids is 1. The zero-order valence-corrected chi connectivity index (χ0v) is 12.9. The SMILES string of the molecule is CCCC(CC(=O)O)n1nnnc1C1C(C)(C)C1(C)C. The van der Waals surface area contributed by atoms with Gasteiger partial charge in [0, 0.05) is 5.92 Å². The molecule has 0 radical (unpaired) electrons. The van der Waals surface area contributed by atoms with E-state index >= 15 is 0 Å². The first-order valence-electron chi connectivity index (χ1n) is 7.23. The first-order chi connectivity index (χ1) is 9.23. The molecular formula is C14H24N4O2. The Morgan fingerprint density at radius 1 is 1.35 bits per heavy atom. The third-order valence-corrected chi connectivity index (χ3v) is 5.18. The molecule has 0 amide bonds. The van der Waals surface area contributed by atoms with Crippen molar-refractivity contribution in [2.45, 2.75) is 65.8 Å². The van der Waals surface area contributed by atoms with Crippen LogP contribution in [0.4, 0.5) is 0 Å². The number of tetrazole rings is 1. The fourth-order valence-electron chi connectivity index (χ4n) is 3.34. The van der Waals surface area contributed by atoms with Crippen molar-refractivity contribution in [3.8, 4) is 0 Å². The molecule has 0 spiro atoms. The van der Waals surface area contributed by atoms with E-state index in [4.69, 9.17) is 5.11 Å². The topological polar surface area (TPSA) is 80.9 Å². The summed E-state index contributed by atoms with van der Waals surface area (Å²) in [7, 11) is 0. The van der Waals surface area contributed by atoms with Crippen LogP contribution < -0.4 is 0 Å². The first-order valence-corrected chi connectivity index (χ1v) is 7.23. The summed E-state index contributed by atoms with van der Waals surface area (Å²) >= 11 is 0. The Morgan fingerprint density at radius 3 is 2.40 bits per heavy atom. The van der Waals surface area contributed by atoms with E-state index in [1.165, 1.54) is 0 Å². The molecule has 0 bridgehead atoms. The standard InChI is InChI=1S/C14H24N4O2/c1-6-7-9(8-10(19)20)18-12(15-16-17-18)11-13(2,3)14(11,4)5/h9,11H,6-8H2,1-5H3,(H,19,20). The van der Waals surface area contributed by atoms with Gasteiger partial charge in [-0.2, -0.15) is 0 Å². The van der Waals surface area contributed by atoms with Crippen molar-refractivity contribution in [2.24, 2.45) is 10.8 Å². The van der Waals surface area contributed by atoms with Crippen molar-refractivity contribution >= 4 is 5.97 Å². The van der Waals surface area contributed by atoms with Gasteiger partial charge in [-0.25, -0.2) is 4.68 Å². The van der Waals surface area contributed by atoms with Crippen molar-refractivity contribution in [1.82, 2.24) is 20.2 Å². The minimum Gasteiger partial charge on any atom is -0.481 e. The third kappa shape index (κ3) is 2.21. The highest BCUT2D eigenvalue weighted by atomic mass is 16.4. The van der Waals surface area contributed by atoms with E-state index in [1.54, 1.807) is 4.68 Å². The molecule has 20 heavy (non-hydrogen) atoms. The van der Waals surface area contributed by atoms with Gasteiger partial charge in [-0.05, 0) is 27.7 Å². The molecule has 1 heterocycles. The third-order valence-electron chi connectivity index (χ3n) is 5.18. The summed E-state index contributed by atoms with van der Waals surface area (Å²) in [6, 6.07) is -0.158. The fourth-order valence-corrected chi connectivity index (χ4v) is 3.34. The number of carboxylic acids is 1. The molecular weight excluding hydrogens is 256 g/mol. The molecule has 0 aliphatic heterocycles. The van der Waals surface area contributed by atoms with Crippen LogP contribution in [0.25, 0.3) is 0 Å². The summed E-state index contributed by atoms with van der Waals surface area (Å²) in [5.41, 5.74) is 0.277. The van der Waals surface area contributed by atoms with E-state index in [2.05, 4.69) is 43.2 Å². The predicted molar refractivity (Wildman–Crippen MR) is 74.3 cm³/mol. The van der Waals surface area contributed by atoms with Gasteiger partial charge in [0.25, 0.3) is 0 Å². The van der Waals surface area contributed by atoms with E-state index in [9.17, 15) is 4.79 Å². The van der Waals surface area contributed by atoms with Gasteiger partial charge in [0.15, 0.2) is 5.82 Å². The number of carbonyl (C=O) groups is 1. The van der Waals surface area contributed by atoms with Gasteiger partial charge in [0.1, 0.15) is 0 Å². The molecule has 112 valence electrons. The van der Waals surface area contributed by atoms with Gasteiger partial charge < -0.3 is 5.11 Å². The number of aromatic nitrogens is 4. The Hall–Kier alpha value is -1.46. The van der Waals surface area contributed by atoms with Crippen LogP contribution in [0.3, 0.4) is 0 Å². The van der Waals surface area contributed by atoms with Gasteiger partial charge in [-0.15, -0.1) is 5.10 Å². The smallest absolute Gasteiger partial charge is 0.305 e. The molecule has 0 saturated heterocycles. The summed E-state index contributed by atoms with van der Waals surface area (Å²) in [6.45, 7) is 10.9. The van der Waals surface area contributed by atoms with Crippen LogP contribution in [0.2, 0.25) is 0 Å². The van der Waals surface area contributed by atoms with Crippen molar-refractivity contribution in [2.75, 3.05) is 0 Å². The maximum absolute atomic E-state index is 11.0. The first kappa shape index (κ1) is 14.9. The van der Waals surface area contributed by atoms with Crippen LogP contribution in [0.5, 0.6) is 0 Å². The molecule has 1 saturated carbocycles. The molecule has 1 aliphatic carbocycles. The average molecular weight is 280 g/mol. The van der Waals surface area contributed by atoms with Crippen LogP contribution in [-0.2, 0) is 4.79 Å². The van der Waals surface area contributed by atoms with E-state index in [-0.39, 0.29) is 29.2 Å². The highest BCUT2D eigenvalue weighted by Crippen LogP contribution is 2.73. The Kier molecular flexibility index (Phi) is 3.60. The van der Waals surface area contributed by atoms with Crippen LogP contribution in [-0.4, -0.2) is 31.3 Å².